The van der Waals surface area contributed by atoms with Crippen LogP contribution >= 0.6 is 12.4 Å². The van der Waals surface area contributed by atoms with Crippen molar-refractivity contribution in [2.75, 3.05) is 29.4 Å². The number of nitrogens with zero attached hydrogens (tertiary/aromatic N) is 5. The van der Waals surface area contributed by atoms with Crippen molar-refractivity contribution in [3.8, 4) is 11.3 Å². The van der Waals surface area contributed by atoms with Crippen LogP contribution in [-0.4, -0.2) is 46.7 Å². The fourth-order valence-corrected chi connectivity index (χ4v) is 4.27. The summed E-state index contributed by atoms with van der Waals surface area (Å²) < 4.78 is 0. The molecule has 1 atom stereocenters. The van der Waals surface area contributed by atoms with E-state index in [4.69, 9.17) is 4.98 Å². The summed E-state index contributed by atoms with van der Waals surface area (Å²) in [6.07, 6.45) is 5.22. The second kappa shape index (κ2) is 8.89. The summed E-state index contributed by atoms with van der Waals surface area (Å²) >= 11 is 0. The number of hydrogen-bond acceptors (Lipinski definition) is 5. The zero-order chi connectivity index (χ0) is 20.5. The molecule has 0 aromatic carbocycles. The lowest BCUT2D eigenvalue weighted by Crippen LogP contribution is -2.51. The number of pyridine rings is 3. The third-order valence-corrected chi connectivity index (χ3v) is 5.75. The summed E-state index contributed by atoms with van der Waals surface area (Å²) in [4.78, 5) is 30.9. The SMILES string of the molecule is Cc1cc(-c2ccc3c(n2)N(C(=O)NCCc2ccccn2)C2CCN3C2)ccn1.Cl. The normalized spacial score (nSPS) is 16.5. The first-order valence-electron chi connectivity index (χ1n) is 10.3. The summed E-state index contributed by atoms with van der Waals surface area (Å²) in [7, 11) is 0. The molecule has 1 unspecified atom stereocenters. The van der Waals surface area contributed by atoms with Gasteiger partial charge < -0.3 is 10.2 Å². The van der Waals surface area contributed by atoms with Gasteiger partial charge in [0.2, 0.25) is 0 Å². The molecule has 1 N–H and O–H groups in total. The lowest BCUT2D eigenvalue weighted by Gasteiger charge is -2.36. The van der Waals surface area contributed by atoms with Crippen LogP contribution in [0.2, 0.25) is 0 Å². The monoisotopic (exact) mass is 436 g/mol. The molecule has 31 heavy (non-hydrogen) atoms. The van der Waals surface area contributed by atoms with E-state index in [0.29, 0.717) is 13.0 Å². The maximum Gasteiger partial charge on any atom is 0.323 e. The maximum atomic E-state index is 13.2. The fraction of sp³-hybridized carbons (Fsp3) is 0.304. The molecule has 2 amide bonds. The highest BCUT2D eigenvalue weighted by atomic mass is 35.5. The first-order valence-corrected chi connectivity index (χ1v) is 10.3. The van der Waals surface area contributed by atoms with Crippen molar-refractivity contribution in [2.45, 2.75) is 25.8 Å². The zero-order valence-corrected chi connectivity index (χ0v) is 18.2. The van der Waals surface area contributed by atoms with Crippen molar-refractivity contribution < 1.29 is 4.79 Å². The molecule has 5 heterocycles. The first kappa shape index (κ1) is 21.1. The molecule has 1 fully saturated rings. The predicted octanol–water partition coefficient (Wildman–Crippen LogP) is 3.62. The van der Waals surface area contributed by atoms with Crippen molar-refractivity contribution >= 4 is 29.9 Å². The lowest BCUT2D eigenvalue weighted by molar-refractivity contribution is 0.244. The number of urea groups is 1. The van der Waals surface area contributed by atoms with Crippen LogP contribution < -0.4 is 15.1 Å². The highest BCUT2D eigenvalue weighted by Crippen LogP contribution is 2.40. The molecule has 160 valence electrons. The minimum atomic E-state index is -0.0886. The van der Waals surface area contributed by atoms with Gasteiger partial charge in [0.25, 0.3) is 0 Å². The third kappa shape index (κ3) is 4.18. The smallest absolute Gasteiger partial charge is 0.323 e. The van der Waals surface area contributed by atoms with Crippen molar-refractivity contribution in [1.29, 1.82) is 0 Å². The van der Waals surface area contributed by atoms with E-state index in [9.17, 15) is 4.79 Å². The number of amides is 2. The number of carbonyl (C=O) groups is 1. The van der Waals surface area contributed by atoms with Crippen molar-refractivity contribution in [3.63, 3.8) is 0 Å². The van der Waals surface area contributed by atoms with Gasteiger partial charge in [0.1, 0.15) is 0 Å². The predicted molar refractivity (Wildman–Crippen MR) is 124 cm³/mol. The Morgan fingerprint density at radius 1 is 1.16 bits per heavy atom. The second-order valence-corrected chi connectivity index (χ2v) is 7.79. The van der Waals surface area contributed by atoms with Gasteiger partial charge in [-0.15, -0.1) is 12.4 Å². The number of aryl methyl sites for hydroxylation is 1. The fourth-order valence-electron chi connectivity index (χ4n) is 4.27. The highest BCUT2D eigenvalue weighted by molar-refractivity contribution is 5.97. The standard InChI is InChI=1S/C23H24N6O.ClH/c1-16-14-17(7-11-24-16)20-5-6-21-22(27-20)29(19-9-13-28(21)15-19)23(30)26-12-8-18-4-2-3-10-25-18;/h2-7,10-11,14,19H,8-9,12-13,15H2,1H3,(H,26,30);1H. The van der Waals surface area contributed by atoms with Gasteiger partial charge in [-0.2, -0.15) is 0 Å². The Labute approximate surface area is 187 Å². The Hall–Kier alpha value is -3.19. The van der Waals surface area contributed by atoms with Crippen molar-refractivity contribution in [3.05, 3.63) is 66.2 Å². The number of halogens is 1. The van der Waals surface area contributed by atoms with E-state index in [1.807, 2.05) is 48.2 Å². The molecule has 7 nitrogen and oxygen atoms in total. The number of aromatic nitrogens is 3. The van der Waals surface area contributed by atoms with Gasteiger partial charge in [-0.05, 0) is 49.7 Å². The number of carbonyl (C=O) groups excluding carboxylic acids is 1. The Balaban J connectivity index is 0.00000231. The van der Waals surface area contributed by atoms with E-state index in [1.54, 1.807) is 12.4 Å². The minimum Gasteiger partial charge on any atom is -0.366 e. The van der Waals surface area contributed by atoms with E-state index >= 15 is 0 Å². The van der Waals surface area contributed by atoms with Crippen LogP contribution in [0.5, 0.6) is 0 Å². The molecule has 2 aliphatic rings. The first-order chi connectivity index (χ1) is 14.7. The Morgan fingerprint density at radius 3 is 2.87 bits per heavy atom. The van der Waals surface area contributed by atoms with Gasteiger partial charge in [-0.25, -0.2) is 9.78 Å². The number of fused-ring (bicyclic) bond motifs is 4. The van der Waals surface area contributed by atoms with Crippen LogP contribution in [0.1, 0.15) is 17.8 Å². The maximum absolute atomic E-state index is 13.2. The molecule has 8 heteroatoms. The van der Waals surface area contributed by atoms with Crippen LogP contribution in [-0.2, 0) is 6.42 Å². The van der Waals surface area contributed by atoms with Gasteiger partial charge >= 0.3 is 6.03 Å². The van der Waals surface area contributed by atoms with E-state index in [-0.39, 0.29) is 24.5 Å². The molecular formula is C23H25ClN6O. The van der Waals surface area contributed by atoms with Crippen molar-refractivity contribution in [2.24, 2.45) is 0 Å². The van der Waals surface area contributed by atoms with E-state index < -0.39 is 0 Å². The van der Waals surface area contributed by atoms with Crippen LogP contribution in [0.15, 0.2) is 54.9 Å². The molecule has 3 aromatic rings. The summed E-state index contributed by atoms with van der Waals surface area (Å²) in [5.74, 6) is 0.742. The lowest BCUT2D eigenvalue weighted by atomic mass is 10.1. The minimum absolute atomic E-state index is 0. The topological polar surface area (TPSA) is 74.2 Å². The van der Waals surface area contributed by atoms with Crippen LogP contribution in [0.4, 0.5) is 16.3 Å². The largest absolute Gasteiger partial charge is 0.366 e. The molecule has 3 aromatic heterocycles. The van der Waals surface area contributed by atoms with Crippen LogP contribution in [0.3, 0.4) is 0 Å². The summed E-state index contributed by atoms with van der Waals surface area (Å²) in [6.45, 7) is 4.32. The average Bonchev–Trinajstić information content (AvgIpc) is 3.18. The Bertz CT molecular complexity index is 1080. The van der Waals surface area contributed by atoms with Gasteiger partial charge in [0.05, 0.1) is 17.4 Å². The summed E-state index contributed by atoms with van der Waals surface area (Å²) in [6, 6.07) is 14.0. The molecule has 1 saturated heterocycles. The van der Waals surface area contributed by atoms with Gasteiger partial charge in [0, 0.05) is 55.4 Å². The average molecular weight is 437 g/mol. The van der Waals surface area contributed by atoms with Gasteiger partial charge in [-0.3, -0.25) is 14.9 Å². The number of anilines is 2. The quantitative estimate of drug-likeness (QED) is 0.676. The zero-order valence-electron chi connectivity index (χ0n) is 17.4. The molecule has 0 saturated carbocycles. The number of nitrogens with one attached hydrogen (secondary N) is 1. The Morgan fingerprint density at radius 2 is 2.06 bits per heavy atom. The molecule has 2 bridgehead atoms. The van der Waals surface area contributed by atoms with Crippen molar-refractivity contribution in [1.82, 2.24) is 20.3 Å². The molecular weight excluding hydrogens is 412 g/mol. The van der Waals surface area contributed by atoms with Gasteiger partial charge in [-0.1, -0.05) is 6.07 Å². The molecule has 0 radical (unpaired) electrons. The second-order valence-electron chi connectivity index (χ2n) is 7.79. The number of hydrogen-bond donors (Lipinski definition) is 1. The molecule has 5 rings (SSSR count). The molecule has 0 aliphatic carbocycles. The third-order valence-electron chi connectivity index (χ3n) is 5.75. The molecule has 0 spiro atoms. The van der Waals surface area contributed by atoms with E-state index in [1.165, 1.54) is 0 Å². The highest BCUT2D eigenvalue weighted by Gasteiger charge is 2.40. The van der Waals surface area contributed by atoms with Crippen LogP contribution in [0.25, 0.3) is 11.3 Å². The number of rotatable bonds is 4. The van der Waals surface area contributed by atoms with Gasteiger partial charge in [0.15, 0.2) is 5.82 Å². The van der Waals surface area contributed by atoms with E-state index in [0.717, 1.165) is 53.7 Å². The molecule has 2 aliphatic heterocycles. The summed E-state index contributed by atoms with van der Waals surface area (Å²) in [5.41, 5.74) is 4.80. The van der Waals surface area contributed by atoms with E-state index in [2.05, 4.69) is 26.3 Å². The Kier molecular flexibility index (Phi) is 6.04. The van der Waals surface area contributed by atoms with Crippen LogP contribution in [0, 0.1) is 6.92 Å². The summed E-state index contributed by atoms with van der Waals surface area (Å²) in [5, 5.41) is 3.07.